The van der Waals surface area contributed by atoms with E-state index in [-0.39, 0.29) is 6.10 Å². The van der Waals surface area contributed by atoms with E-state index in [0.29, 0.717) is 12.2 Å². The number of hydrogen-bond donors (Lipinski definition) is 2. The largest absolute Gasteiger partial charge is 0.376 e. The maximum Gasteiger partial charge on any atom is 0.313 e. The minimum absolute atomic E-state index is 0.0293. The Morgan fingerprint density at radius 2 is 2.20 bits per heavy atom. The molecular formula is C14H17BrN2O3. The summed E-state index contributed by atoms with van der Waals surface area (Å²) in [5.74, 6) is -1.30. The maximum absolute atomic E-state index is 11.7. The van der Waals surface area contributed by atoms with Gasteiger partial charge >= 0.3 is 11.8 Å². The van der Waals surface area contributed by atoms with Crippen LogP contribution in [-0.4, -0.2) is 31.1 Å². The van der Waals surface area contributed by atoms with Gasteiger partial charge in [0.2, 0.25) is 0 Å². The summed E-state index contributed by atoms with van der Waals surface area (Å²) < 4.78 is 6.34. The average Bonchev–Trinajstić information content (AvgIpc) is 2.93. The summed E-state index contributed by atoms with van der Waals surface area (Å²) in [6, 6.07) is 5.37. The first-order chi connectivity index (χ1) is 9.56. The van der Waals surface area contributed by atoms with E-state index < -0.39 is 11.8 Å². The Morgan fingerprint density at radius 1 is 1.40 bits per heavy atom. The second-order valence-electron chi connectivity index (χ2n) is 4.76. The molecule has 1 atom stereocenters. The molecule has 0 radical (unpaired) electrons. The smallest absolute Gasteiger partial charge is 0.313 e. The minimum atomic E-state index is -0.662. The van der Waals surface area contributed by atoms with E-state index in [9.17, 15) is 9.59 Å². The summed E-state index contributed by atoms with van der Waals surface area (Å²) in [5, 5.41) is 5.16. The molecule has 2 N–H and O–H groups in total. The molecule has 1 fully saturated rings. The Bertz CT molecular complexity index is 513. The predicted octanol–water partition coefficient (Wildman–Crippen LogP) is 1.99. The van der Waals surface area contributed by atoms with Crippen LogP contribution in [0.5, 0.6) is 0 Å². The molecule has 108 valence electrons. The molecule has 0 saturated carbocycles. The normalized spacial score (nSPS) is 17.8. The predicted molar refractivity (Wildman–Crippen MR) is 79.5 cm³/mol. The molecule has 1 heterocycles. The number of carbonyl (C=O) groups excluding carboxylic acids is 2. The van der Waals surface area contributed by atoms with Crippen molar-refractivity contribution < 1.29 is 14.3 Å². The number of rotatable bonds is 3. The van der Waals surface area contributed by atoms with Crippen molar-refractivity contribution >= 4 is 33.4 Å². The standard InChI is InChI=1S/C14H17BrN2O3/c1-9-7-10(4-5-12(9)15)17-14(19)13(18)16-8-11-3-2-6-20-11/h4-5,7,11H,2-3,6,8H2,1H3,(H,16,18)(H,17,19)/t11-/m0/s1. The third kappa shape index (κ3) is 4.05. The van der Waals surface area contributed by atoms with Gasteiger partial charge in [0.25, 0.3) is 0 Å². The van der Waals surface area contributed by atoms with Crippen molar-refractivity contribution in [1.29, 1.82) is 0 Å². The fourth-order valence-electron chi connectivity index (χ4n) is 2.00. The lowest BCUT2D eigenvalue weighted by molar-refractivity contribution is -0.136. The van der Waals surface area contributed by atoms with E-state index in [4.69, 9.17) is 4.74 Å². The van der Waals surface area contributed by atoms with Crippen LogP contribution >= 0.6 is 15.9 Å². The number of halogens is 1. The Morgan fingerprint density at radius 3 is 2.85 bits per heavy atom. The number of carbonyl (C=O) groups is 2. The molecule has 1 aliphatic heterocycles. The summed E-state index contributed by atoms with van der Waals surface area (Å²) in [7, 11) is 0. The number of anilines is 1. The molecule has 0 bridgehead atoms. The molecule has 0 aromatic heterocycles. The van der Waals surface area contributed by atoms with E-state index in [1.807, 2.05) is 13.0 Å². The van der Waals surface area contributed by atoms with Crippen LogP contribution in [-0.2, 0) is 14.3 Å². The molecule has 0 spiro atoms. The monoisotopic (exact) mass is 340 g/mol. The molecular weight excluding hydrogens is 324 g/mol. The quantitative estimate of drug-likeness (QED) is 0.827. The second-order valence-corrected chi connectivity index (χ2v) is 5.62. The Kier molecular flexibility index (Phi) is 5.14. The van der Waals surface area contributed by atoms with E-state index in [1.165, 1.54) is 0 Å². The van der Waals surface area contributed by atoms with E-state index in [1.54, 1.807) is 12.1 Å². The van der Waals surface area contributed by atoms with Crippen molar-refractivity contribution in [3.05, 3.63) is 28.2 Å². The van der Waals surface area contributed by atoms with Gasteiger partial charge in [-0.3, -0.25) is 9.59 Å². The lowest BCUT2D eigenvalue weighted by Gasteiger charge is -2.11. The fraction of sp³-hybridized carbons (Fsp3) is 0.429. The van der Waals surface area contributed by atoms with Crippen LogP contribution in [0.25, 0.3) is 0 Å². The van der Waals surface area contributed by atoms with Crippen LogP contribution in [0.1, 0.15) is 18.4 Å². The molecule has 0 unspecified atom stereocenters. The lowest BCUT2D eigenvalue weighted by Crippen LogP contribution is -2.39. The zero-order valence-electron chi connectivity index (χ0n) is 11.2. The Balaban J connectivity index is 1.83. The third-order valence-electron chi connectivity index (χ3n) is 3.14. The molecule has 0 aliphatic carbocycles. The zero-order valence-corrected chi connectivity index (χ0v) is 12.8. The number of nitrogens with one attached hydrogen (secondary N) is 2. The van der Waals surface area contributed by atoms with Crippen molar-refractivity contribution in [3.8, 4) is 0 Å². The van der Waals surface area contributed by atoms with Crippen molar-refractivity contribution in [2.24, 2.45) is 0 Å². The number of aryl methyl sites for hydroxylation is 1. The van der Waals surface area contributed by atoms with Gasteiger partial charge in [-0.1, -0.05) is 15.9 Å². The van der Waals surface area contributed by atoms with Crippen molar-refractivity contribution in [2.45, 2.75) is 25.9 Å². The fourth-order valence-corrected chi connectivity index (χ4v) is 2.25. The number of ether oxygens (including phenoxy) is 1. The highest BCUT2D eigenvalue weighted by atomic mass is 79.9. The van der Waals surface area contributed by atoms with Gasteiger partial charge < -0.3 is 15.4 Å². The molecule has 5 nitrogen and oxygen atoms in total. The van der Waals surface area contributed by atoms with Crippen molar-refractivity contribution in [1.82, 2.24) is 5.32 Å². The highest BCUT2D eigenvalue weighted by Gasteiger charge is 2.19. The molecule has 6 heteroatoms. The van der Waals surface area contributed by atoms with E-state index >= 15 is 0 Å². The van der Waals surface area contributed by atoms with Crippen LogP contribution in [0.4, 0.5) is 5.69 Å². The Hall–Kier alpha value is -1.40. The number of benzene rings is 1. The maximum atomic E-state index is 11.7. The minimum Gasteiger partial charge on any atom is -0.376 e. The first kappa shape index (κ1) is 15.0. The summed E-state index contributed by atoms with van der Waals surface area (Å²) in [6.07, 6.45) is 1.96. The van der Waals surface area contributed by atoms with Crippen LogP contribution in [0, 0.1) is 6.92 Å². The molecule has 1 saturated heterocycles. The van der Waals surface area contributed by atoms with E-state index in [2.05, 4.69) is 26.6 Å². The van der Waals surface area contributed by atoms with Gasteiger partial charge in [-0.2, -0.15) is 0 Å². The van der Waals surface area contributed by atoms with Crippen molar-refractivity contribution in [2.75, 3.05) is 18.5 Å². The van der Waals surface area contributed by atoms with Crippen LogP contribution in [0.3, 0.4) is 0 Å². The van der Waals surface area contributed by atoms with Gasteiger partial charge in [0.15, 0.2) is 0 Å². The highest BCUT2D eigenvalue weighted by molar-refractivity contribution is 9.10. The summed E-state index contributed by atoms with van der Waals surface area (Å²) in [4.78, 5) is 23.4. The highest BCUT2D eigenvalue weighted by Crippen LogP contribution is 2.19. The van der Waals surface area contributed by atoms with E-state index in [0.717, 1.165) is 29.5 Å². The number of hydrogen-bond acceptors (Lipinski definition) is 3. The van der Waals surface area contributed by atoms with Gasteiger partial charge in [-0.25, -0.2) is 0 Å². The lowest BCUT2D eigenvalue weighted by atomic mass is 10.2. The molecule has 2 rings (SSSR count). The van der Waals surface area contributed by atoms with Gasteiger partial charge in [0, 0.05) is 23.3 Å². The van der Waals surface area contributed by atoms with Gasteiger partial charge in [-0.05, 0) is 43.5 Å². The Labute approximate surface area is 126 Å². The van der Waals surface area contributed by atoms with Crippen LogP contribution < -0.4 is 10.6 Å². The summed E-state index contributed by atoms with van der Waals surface area (Å²) >= 11 is 3.38. The van der Waals surface area contributed by atoms with Crippen molar-refractivity contribution in [3.63, 3.8) is 0 Å². The molecule has 1 aliphatic rings. The van der Waals surface area contributed by atoms with Gasteiger partial charge in [-0.15, -0.1) is 0 Å². The molecule has 2 amide bonds. The summed E-state index contributed by atoms with van der Waals surface area (Å²) in [5.41, 5.74) is 1.59. The first-order valence-corrected chi connectivity index (χ1v) is 7.32. The SMILES string of the molecule is Cc1cc(NC(=O)C(=O)NC[C@@H]2CCCO2)ccc1Br. The second kappa shape index (κ2) is 6.85. The average molecular weight is 341 g/mol. The van der Waals surface area contributed by atoms with Crippen LogP contribution in [0.15, 0.2) is 22.7 Å². The molecule has 1 aromatic carbocycles. The zero-order chi connectivity index (χ0) is 14.5. The van der Waals surface area contributed by atoms with Crippen LogP contribution in [0.2, 0.25) is 0 Å². The third-order valence-corrected chi connectivity index (χ3v) is 4.03. The van der Waals surface area contributed by atoms with Gasteiger partial charge in [0.1, 0.15) is 0 Å². The summed E-state index contributed by atoms with van der Waals surface area (Å²) in [6.45, 7) is 3.02. The first-order valence-electron chi connectivity index (χ1n) is 6.53. The molecule has 1 aromatic rings. The topological polar surface area (TPSA) is 67.4 Å². The van der Waals surface area contributed by atoms with Gasteiger partial charge in [0.05, 0.1) is 6.10 Å². The number of amides is 2. The molecule has 20 heavy (non-hydrogen) atoms.